The number of carbonyl (C=O) groups is 2. The fourth-order valence-corrected chi connectivity index (χ4v) is 3.13. The largest absolute Gasteiger partial charge is 0.469 e. The molecule has 0 saturated heterocycles. The molecule has 1 aliphatic rings. The molecule has 0 amide bonds. The topological polar surface area (TPSA) is 67.9 Å². The molecule has 0 aliphatic carbocycles. The lowest BCUT2D eigenvalue weighted by molar-refractivity contribution is -0.140. The summed E-state index contributed by atoms with van der Waals surface area (Å²) in [4.78, 5) is 25.9. The van der Waals surface area contributed by atoms with Crippen LogP contribution < -0.4 is 5.32 Å². The van der Waals surface area contributed by atoms with E-state index < -0.39 is 12.0 Å². The Morgan fingerprint density at radius 1 is 1.28 bits per heavy atom. The minimum Gasteiger partial charge on any atom is -0.469 e. The molecular formula is C18H22N2O4S. The molecule has 1 N–H and O–H groups in total. The zero-order valence-corrected chi connectivity index (χ0v) is 15.4. The standard InChI is InChI=1S/C18H22N2O4S/c1-4-24-17(22)15-12(2)19-18(25)20(11-10-14(21)23-3)16(15)13-8-6-5-7-9-13/h5-9,16H,4,10-11H2,1-3H3,(H,19,25)/t16-/m0/s1. The molecule has 7 heteroatoms. The lowest BCUT2D eigenvalue weighted by Crippen LogP contribution is -2.49. The number of esters is 2. The molecule has 1 heterocycles. The maximum atomic E-state index is 12.6. The van der Waals surface area contributed by atoms with E-state index in [0.29, 0.717) is 22.9 Å². The SMILES string of the molecule is CCOC(=O)C1=C(C)NC(=S)N(CCC(=O)OC)[C@H]1c1ccccc1. The Bertz CT molecular complexity index is 688. The summed E-state index contributed by atoms with van der Waals surface area (Å²) in [5, 5.41) is 3.51. The van der Waals surface area contributed by atoms with Crippen molar-refractivity contribution in [1.29, 1.82) is 0 Å². The summed E-state index contributed by atoms with van der Waals surface area (Å²) in [5.74, 6) is -0.731. The molecule has 0 spiro atoms. The first-order valence-corrected chi connectivity index (χ1v) is 8.47. The van der Waals surface area contributed by atoms with Crippen LogP contribution in [0.4, 0.5) is 0 Å². The van der Waals surface area contributed by atoms with Gasteiger partial charge in [-0.05, 0) is 31.6 Å². The van der Waals surface area contributed by atoms with E-state index >= 15 is 0 Å². The van der Waals surface area contributed by atoms with Crippen molar-refractivity contribution in [2.75, 3.05) is 20.3 Å². The summed E-state index contributed by atoms with van der Waals surface area (Å²) in [6.45, 7) is 4.17. The maximum absolute atomic E-state index is 12.6. The highest BCUT2D eigenvalue weighted by molar-refractivity contribution is 7.80. The Balaban J connectivity index is 2.45. The molecule has 0 radical (unpaired) electrons. The highest BCUT2D eigenvalue weighted by Crippen LogP contribution is 2.34. The Morgan fingerprint density at radius 3 is 2.56 bits per heavy atom. The average molecular weight is 362 g/mol. The van der Waals surface area contributed by atoms with Crippen LogP contribution in [0.15, 0.2) is 41.6 Å². The zero-order chi connectivity index (χ0) is 18.4. The van der Waals surface area contributed by atoms with Gasteiger partial charge in [0.2, 0.25) is 0 Å². The van der Waals surface area contributed by atoms with Crippen LogP contribution in [0.3, 0.4) is 0 Å². The number of benzene rings is 1. The quantitative estimate of drug-likeness (QED) is 0.615. The van der Waals surface area contributed by atoms with Crippen LogP contribution in [0.1, 0.15) is 31.9 Å². The number of methoxy groups -OCH3 is 1. The van der Waals surface area contributed by atoms with Crippen LogP contribution in [0.5, 0.6) is 0 Å². The molecule has 0 aromatic heterocycles. The molecule has 1 aromatic rings. The van der Waals surface area contributed by atoms with Crippen molar-refractivity contribution in [3.63, 3.8) is 0 Å². The number of allylic oxidation sites excluding steroid dienone is 1. The second kappa shape index (κ2) is 8.62. The molecule has 0 saturated carbocycles. The summed E-state index contributed by atoms with van der Waals surface area (Å²) in [6.07, 6.45) is 0.163. The van der Waals surface area contributed by atoms with E-state index in [2.05, 4.69) is 5.32 Å². The first-order valence-electron chi connectivity index (χ1n) is 8.06. The van der Waals surface area contributed by atoms with Crippen LogP contribution in [-0.4, -0.2) is 42.2 Å². The number of nitrogens with one attached hydrogen (secondary N) is 1. The van der Waals surface area contributed by atoms with E-state index in [1.54, 1.807) is 13.8 Å². The van der Waals surface area contributed by atoms with Gasteiger partial charge in [0, 0.05) is 12.2 Å². The third kappa shape index (κ3) is 4.36. The Labute approximate surface area is 152 Å². The van der Waals surface area contributed by atoms with Crippen LogP contribution in [0.2, 0.25) is 0 Å². The van der Waals surface area contributed by atoms with Crippen molar-refractivity contribution in [3.8, 4) is 0 Å². The number of thiocarbonyl (C=S) groups is 1. The number of nitrogens with zero attached hydrogens (tertiary/aromatic N) is 1. The van der Waals surface area contributed by atoms with E-state index in [1.165, 1.54) is 7.11 Å². The molecule has 1 aliphatic heterocycles. The first-order chi connectivity index (χ1) is 12.0. The number of carbonyl (C=O) groups excluding carboxylic acids is 2. The highest BCUT2D eigenvalue weighted by Gasteiger charge is 2.36. The fraction of sp³-hybridized carbons (Fsp3) is 0.389. The van der Waals surface area contributed by atoms with Crippen molar-refractivity contribution < 1.29 is 19.1 Å². The number of rotatable bonds is 6. The van der Waals surface area contributed by atoms with Gasteiger partial charge in [0.15, 0.2) is 5.11 Å². The van der Waals surface area contributed by atoms with Gasteiger partial charge in [-0.1, -0.05) is 30.3 Å². The third-order valence-corrected chi connectivity index (χ3v) is 4.28. The smallest absolute Gasteiger partial charge is 0.338 e. The summed E-state index contributed by atoms with van der Waals surface area (Å²) in [6, 6.07) is 9.14. The molecule has 134 valence electrons. The normalized spacial score (nSPS) is 17.2. The molecule has 6 nitrogen and oxygen atoms in total. The summed E-state index contributed by atoms with van der Waals surface area (Å²) in [7, 11) is 1.35. The minimum absolute atomic E-state index is 0.163. The average Bonchev–Trinajstić information content (AvgIpc) is 2.60. The van der Waals surface area contributed by atoms with Gasteiger partial charge < -0.3 is 19.7 Å². The van der Waals surface area contributed by atoms with Gasteiger partial charge in [-0.15, -0.1) is 0 Å². The Morgan fingerprint density at radius 2 is 1.96 bits per heavy atom. The molecular weight excluding hydrogens is 340 g/mol. The molecule has 0 unspecified atom stereocenters. The minimum atomic E-state index is -0.418. The van der Waals surface area contributed by atoms with Gasteiger partial charge in [0.1, 0.15) is 0 Å². The Kier molecular flexibility index (Phi) is 6.52. The molecule has 0 fully saturated rings. The maximum Gasteiger partial charge on any atom is 0.338 e. The lowest BCUT2D eigenvalue weighted by atomic mass is 9.94. The number of hydrogen-bond donors (Lipinski definition) is 1. The van der Waals surface area contributed by atoms with E-state index in [1.807, 2.05) is 35.2 Å². The van der Waals surface area contributed by atoms with E-state index in [4.69, 9.17) is 21.7 Å². The Hall–Kier alpha value is -2.41. The van der Waals surface area contributed by atoms with Crippen molar-refractivity contribution in [2.45, 2.75) is 26.3 Å². The van der Waals surface area contributed by atoms with E-state index in [-0.39, 0.29) is 19.0 Å². The van der Waals surface area contributed by atoms with E-state index in [9.17, 15) is 9.59 Å². The van der Waals surface area contributed by atoms with Gasteiger partial charge in [-0.2, -0.15) is 0 Å². The highest BCUT2D eigenvalue weighted by atomic mass is 32.1. The summed E-state index contributed by atoms with van der Waals surface area (Å²) in [5.41, 5.74) is 2.05. The molecule has 2 rings (SSSR count). The third-order valence-electron chi connectivity index (χ3n) is 3.94. The predicted octanol–water partition coefficient (Wildman–Crippen LogP) is 2.32. The zero-order valence-electron chi connectivity index (χ0n) is 14.6. The van der Waals surface area contributed by atoms with Gasteiger partial charge in [-0.3, -0.25) is 4.79 Å². The summed E-state index contributed by atoms with van der Waals surface area (Å²) >= 11 is 5.45. The van der Waals surface area contributed by atoms with Crippen LogP contribution >= 0.6 is 12.2 Å². The summed E-state index contributed by atoms with van der Waals surface area (Å²) < 4.78 is 9.95. The predicted molar refractivity (Wildman–Crippen MR) is 97.6 cm³/mol. The monoisotopic (exact) mass is 362 g/mol. The van der Waals surface area contributed by atoms with Crippen LogP contribution in [0, 0.1) is 0 Å². The van der Waals surface area contributed by atoms with Crippen LogP contribution in [0.25, 0.3) is 0 Å². The molecule has 0 bridgehead atoms. The first kappa shape index (κ1) is 18.9. The van der Waals surface area contributed by atoms with E-state index in [0.717, 1.165) is 5.56 Å². The lowest BCUT2D eigenvalue weighted by Gasteiger charge is -2.39. The molecule has 1 atom stereocenters. The fourth-order valence-electron chi connectivity index (χ4n) is 2.78. The van der Waals surface area contributed by atoms with Gasteiger partial charge in [0.05, 0.1) is 31.8 Å². The molecule has 25 heavy (non-hydrogen) atoms. The second-order valence-corrected chi connectivity index (χ2v) is 5.91. The van der Waals surface area contributed by atoms with Crippen molar-refractivity contribution in [2.24, 2.45) is 0 Å². The van der Waals surface area contributed by atoms with Crippen molar-refractivity contribution in [3.05, 3.63) is 47.2 Å². The van der Waals surface area contributed by atoms with Crippen LogP contribution in [-0.2, 0) is 19.1 Å². The van der Waals surface area contributed by atoms with Gasteiger partial charge >= 0.3 is 11.9 Å². The number of hydrogen-bond acceptors (Lipinski definition) is 5. The second-order valence-electron chi connectivity index (χ2n) is 5.52. The van der Waals surface area contributed by atoms with Gasteiger partial charge in [0.25, 0.3) is 0 Å². The molecule has 1 aromatic carbocycles. The number of ether oxygens (including phenoxy) is 2. The van der Waals surface area contributed by atoms with Gasteiger partial charge in [-0.25, -0.2) is 4.79 Å². The van der Waals surface area contributed by atoms with Crippen molar-refractivity contribution >= 4 is 29.3 Å². The van der Waals surface area contributed by atoms with Crippen molar-refractivity contribution in [1.82, 2.24) is 10.2 Å².